The van der Waals surface area contributed by atoms with Crippen LogP contribution in [0.25, 0.3) is 0 Å². The number of nitrogens with zero attached hydrogens (tertiary/aromatic N) is 1. The van der Waals surface area contributed by atoms with Gasteiger partial charge in [0.15, 0.2) is 0 Å². The van der Waals surface area contributed by atoms with Gasteiger partial charge in [-0.25, -0.2) is 0 Å². The van der Waals surface area contributed by atoms with Crippen LogP contribution in [-0.4, -0.2) is 125 Å². The zero-order valence-corrected chi connectivity index (χ0v) is 35.1. The van der Waals surface area contributed by atoms with Gasteiger partial charge < -0.3 is 44.3 Å². The Balaban J connectivity index is 1.73. The van der Waals surface area contributed by atoms with E-state index in [0.29, 0.717) is 56.9 Å². The average Bonchev–Trinajstić information content (AvgIpc) is 3.18. The van der Waals surface area contributed by atoms with E-state index in [9.17, 15) is 39.6 Å². The zero-order chi connectivity index (χ0) is 42.2. The summed E-state index contributed by atoms with van der Waals surface area (Å²) in [6.45, 7) is 13.0. The minimum absolute atomic E-state index is 0.00983. The van der Waals surface area contributed by atoms with Crippen molar-refractivity contribution in [1.29, 1.82) is 0 Å². The fourth-order valence-corrected chi connectivity index (χ4v) is 9.47. The number of piperidine rings is 1. The average molecular weight is 804 g/mol. The Morgan fingerprint density at radius 2 is 1.68 bits per heavy atom. The number of esters is 1. The number of carbonyl (C=O) groups excluding carboxylic acids is 4. The number of hydrogen-bond acceptors (Lipinski definition) is 12. The second-order valence-electron chi connectivity index (χ2n) is 17.5. The second kappa shape index (κ2) is 21.0. The summed E-state index contributed by atoms with van der Waals surface area (Å²) >= 11 is 0. The molecule has 1 amide bonds. The van der Waals surface area contributed by atoms with E-state index in [0.717, 1.165) is 5.57 Å². The minimum atomic E-state index is -2.46. The van der Waals surface area contributed by atoms with E-state index >= 15 is 0 Å². The van der Waals surface area contributed by atoms with Crippen LogP contribution >= 0.6 is 0 Å². The predicted octanol–water partition coefficient (Wildman–Crippen LogP) is 4.09. The molecule has 4 aliphatic rings. The molecule has 4 rings (SSSR count). The molecule has 4 N–H and O–H groups in total. The summed E-state index contributed by atoms with van der Waals surface area (Å²) < 4.78 is 24.1. The van der Waals surface area contributed by atoms with Gasteiger partial charge in [-0.3, -0.25) is 19.2 Å². The number of fused-ring (bicyclic) bond motifs is 4. The fourth-order valence-electron chi connectivity index (χ4n) is 9.47. The molecular formula is C44H69NO12. The summed E-state index contributed by atoms with van der Waals surface area (Å²) in [4.78, 5) is 57.1. The molecule has 3 fully saturated rings. The summed E-state index contributed by atoms with van der Waals surface area (Å²) in [7, 11) is 3.05. The molecule has 2 saturated heterocycles. The second-order valence-corrected chi connectivity index (χ2v) is 17.5. The molecule has 0 aromatic carbocycles. The maximum absolute atomic E-state index is 14.0. The van der Waals surface area contributed by atoms with E-state index in [1.807, 2.05) is 32.9 Å². The number of Topliss-reactive ketones (excluding diaryl/α,β-unsaturated/α-hetero) is 2. The number of cyclic esters (lactones) is 1. The number of ketones is 2. The number of aliphatic hydroxyl groups excluding tert-OH is 3. The van der Waals surface area contributed by atoms with E-state index in [-0.39, 0.29) is 56.1 Å². The highest BCUT2D eigenvalue weighted by Crippen LogP contribution is 2.39. The van der Waals surface area contributed by atoms with E-state index < -0.39 is 83.7 Å². The van der Waals surface area contributed by atoms with Gasteiger partial charge >= 0.3 is 5.97 Å². The minimum Gasteiger partial charge on any atom is -0.457 e. The third kappa shape index (κ3) is 11.5. The molecule has 13 heteroatoms. The van der Waals surface area contributed by atoms with Gasteiger partial charge in [0.05, 0.1) is 30.3 Å². The van der Waals surface area contributed by atoms with Crippen molar-refractivity contribution in [1.82, 2.24) is 4.90 Å². The van der Waals surface area contributed by atoms with Gasteiger partial charge in [0.25, 0.3) is 11.7 Å². The van der Waals surface area contributed by atoms with Crippen LogP contribution in [-0.2, 0) is 38.1 Å². The van der Waals surface area contributed by atoms with Crippen LogP contribution in [0.2, 0.25) is 0 Å². The molecule has 0 aromatic heterocycles. The number of ether oxygens (including phenoxy) is 4. The maximum Gasteiger partial charge on any atom is 0.311 e. The monoisotopic (exact) mass is 803 g/mol. The number of amides is 1. The molecule has 3 aliphatic heterocycles. The first-order valence-electron chi connectivity index (χ1n) is 20.9. The molecule has 14 atom stereocenters. The first-order valence-corrected chi connectivity index (χ1v) is 20.9. The molecule has 322 valence electrons. The first kappa shape index (κ1) is 46.9. The van der Waals surface area contributed by atoms with Gasteiger partial charge in [-0.15, -0.1) is 6.58 Å². The lowest BCUT2D eigenvalue weighted by Gasteiger charge is -2.46. The Hall–Kier alpha value is -2.78. The van der Waals surface area contributed by atoms with Crippen molar-refractivity contribution in [2.45, 2.75) is 141 Å². The van der Waals surface area contributed by atoms with E-state index in [4.69, 9.17) is 18.9 Å². The first-order chi connectivity index (χ1) is 27.0. The number of hydrogen-bond donors (Lipinski definition) is 4. The number of rotatable bonds is 7. The van der Waals surface area contributed by atoms with Crippen LogP contribution in [0.1, 0.15) is 98.8 Å². The SMILES string of the molecule is C=CC[C@@H]1/C=C(\C)C[C@H](C)C[C@H](OC)C2O[C@@](O)(C(=O)C(=O)N3CCC[C@H](C3)C(=O)OC(/C(C)=C/[C@@H]3CC[C@@H](O)[C@H](CO)C3)C(C)[C@@H](O)CC1=O)[C@H](C)C[C@@H]2OC. The predicted molar refractivity (Wildman–Crippen MR) is 212 cm³/mol. The molecule has 1 saturated carbocycles. The number of methoxy groups -OCH3 is 2. The van der Waals surface area contributed by atoms with Crippen LogP contribution < -0.4 is 0 Å². The summed E-state index contributed by atoms with van der Waals surface area (Å²) in [6, 6.07) is 0. The Labute approximate surface area is 338 Å². The van der Waals surface area contributed by atoms with Crippen LogP contribution in [0.15, 0.2) is 36.0 Å². The Morgan fingerprint density at radius 3 is 2.33 bits per heavy atom. The van der Waals surface area contributed by atoms with Crippen molar-refractivity contribution in [2.75, 3.05) is 33.9 Å². The third-order valence-corrected chi connectivity index (χ3v) is 13.0. The summed E-state index contributed by atoms with van der Waals surface area (Å²) in [5.41, 5.74) is 1.62. The Kier molecular flexibility index (Phi) is 17.2. The van der Waals surface area contributed by atoms with E-state index in [2.05, 4.69) is 6.58 Å². The molecule has 1 aliphatic carbocycles. The lowest BCUT2D eigenvalue weighted by Crippen LogP contribution is -2.63. The van der Waals surface area contributed by atoms with Gasteiger partial charge in [-0.1, -0.05) is 44.6 Å². The number of aliphatic hydroxyl groups is 4. The van der Waals surface area contributed by atoms with Gasteiger partial charge in [0.2, 0.25) is 5.79 Å². The molecule has 0 spiro atoms. The molecule has 57 heavy (non-hydrogen) atoms. The van der Waals surface area contributed by atoms with Gasteiger partial charge in [-0.05, 0) is 89.0 Å². The molecule has 4 bridgehead atoms. The smallest absolute Gasteiger partial charge is 0.311 e. The highest BCUT2D eigenvalue weighted by molar-refractivity contribution is 6.38. The van der Waals surface area contributed by atoms with E-state index in [1.165, 1.54) is 19.1 Å². The Morgan fingerprint density at radius 1 is 1.00 bits per heavy atom. The van der Waals surface area contributed by atoms with Crippen molar-refractivity contribution < 1.29 is 58.6 Å². The highest BCUT2D eigenvalue weighted by atomic mass is 16.7. The topological polar surface area (TPSA) is 189 Å². The van der Waals surface area contributed by atoms with Crippen LogP contribution in [0.4, 0.5) is 0 Å². The molecular weight excluding hydrogens is 734 g/mol. The van der Waals surface area contributed by atoms with Crippen LogP contribution in [0.5, 0.6) is 0 Å². The molecule has 3 heterocycles. The summed E-state index contributed by atoms with van der Waals surface area (Å²) in [5.74, 6) is -8.44. The largest absolute Gasteiger partial charge is 0.457 e. The molecule has 0 radical (unpaired) electrons. The molecule has 0 aromatic rings. The third-order valence-electron chi connectivity index (χ3n) is 13.0. The Bertz CT molecular complexity index is 1480. The maximum atomic E-state index is 14.0. The quantitative estimate of drug-likeness (QED) is 0.164. The summed E-state index contributed by atoms with van der Waals surface area (Å²) in [5, 5.41) is 43.8. The van der Waals surface area contributed by atoms with Gasteiger partial charge in [0.1, 0.15) is 18.0 Å². The van der Waals surface area contributed by atoms with Gasteiger partial charge in [0, 0.05) is 64.0 Å². The van der Waals surface area contributed by atoms with Crippen molar-refractivity contribution in [3.05, 3.63) is 36.0 Å². The molecule has 13 nitrogen and oxygen atoms in total. The normalized spacial score (nSPS) is 41.0. The molecule has 3 unspecified atom stereocenters. The van der Waals surface area contributed by atoms with Crippen molar-refractivity contribution >= 4 is 23.4 Å². The number of allylic oxidation sites excluding steroid dienone is 4. The highest BCUT2D eigenvalue weighted by Gasteiger charge is 2.56. The van der Waals surface area contributed by atoms with Crippen molar-refractivity contribution in [3.8, 4) is 0 Å². The van der Waals surface area contributed by atoms with Crippen molar-refractivity contribution in [2.24, 2.45) is 41.4 Å². The fraction of sp³-hybridized carbons (Fsp3) is 0.773. The van der Waals surface area contributed by atoms with Crippen molar-refractivity contribution in [3.63, 3.8) is 0 Å². The lowest BCUT2D eigenvalue weighted by molar-refractivity contribution is -0.302. The summed E-state index contributed by atoms with van der Waals surface area (Å²) in [6.07, 6.45) is 4.82. The lowest BCUT2D eigenvalue weighted by atomic mass is 9.78. The van der Waals surface area contributed by atoms with Crippen LogP contribution in [0.3, 0.4) is 0 Å². The standard InChI is InChI=1S/C44H69NO12/c1-9-11-31-17-25(2)16-26(3)18-37(54-7)40-38(55-8)20-28(5)44(53,57-40)41(50)42(51)45-15-10-12-32(23-45)43(52)56-39(29(6)35(48)22-36(31)49)27(4)19-30-13-14-34(47)33(21-30)24-46/h9,17,19,26,28-35,37-40,46-48,53H,1,10-16,18,20-24H2,2-8H3/b25-17+,27-19+/t26-,28+,29?,30-,31+,32+,33-,34+,35-,37-,38-,39?,40?,44+/m0/s1. The van der Waals surface area contributed by atoms with Crippen LogP contribution in [0, 0.1) is 41.4 Å². The van der Waals surface area contributed by atoms with Gasteiger partial charge in [-0.2, -0.15) is 0 Å². The van der Waals surface area contributed by atoms with E-state index in [1.54, 1.807) is 19.9 Å². The zero-order valence-electron chi connectivity index (χ0n) is 35.1. The number of carbonyl (C=O) groups is 4.